The Hall–Kier alpha value is -1.33. The van der Waals surface area contributed by atoms with Gasteiger partial charge in [0.25, 0.3) is 0 Å². The van der Waals surface area contributed by atoms with Crippen LogP contribution in [-0.4, -0.2) is 43.9 Å². The van der Waals surface area contributed by atoms with Gasteiger partial charge < -0.3 is 9.64 Å². The summed E-state index contributed by atoms with van der Waals surface area (Å²) in [6.07, 6.45) is -0.365. The Bertz CT molecular complexity index is 495. The number of primary sulfonamides is 1. The lowest BCUT2D eigenvalue weighted by atomic mass is 9.79. The van der Waals surface area contributed by atoms with E-state index >= 15 is 0 Å². The molecule has 0 spiro atoms. The summed E-state index contributed by atoms with van der Waals surface area (Å²) in [7, 11) is -3.60. The quantitative estimate of drug-likeness (QED) is 0.809. The van der Waals surface area contributed by atoms with Crippen LogP contribution in [0.4, 0.5) is 4.79 Å². The number of rotatable bonds is 3. The normalized spacial score (nSPS) is 18.4. The van der Waals surface area contributed by atoms with Gasteiger partial charge in [0, 0.05) is 13.1 Å². The second-order valence-corrected chi connectivity index (χ2v) is 7.58. The first-order valence-electron chi connectivity index (χ1n) is 5.86. The van der Waals surface area contributed by atoms with Crippen LogP contribution in [0.5, 0.6) is 0 Å². The molecule has 0 atom stereocenters. The van der Waals surface area contributed by atoms with Crippen molar-refractivity contribution in [2.45, 2.75) is 32.8 Å². The monoisotopic (exact) mass is 289 g/mol. The van der Waals surface area contributed by atoms with E-state index in [1.54, 1.807) is 20.8 Å². The molecule has 0 saturated carbocycles. The number of amides is 1. The van der Waals surface area contributed by atoms with Gasteiger partial charge in [0.15, 0.2) is 0 Å². The van der Waals surface area contributed by atoms with Crippen molar-refractivity contribution in [2.75, 3.05) is 18.8 Å². The van der Waals surface area contributed by atoms with E-state index < -0.39 is 27.1 Å². The predicted octanol–water partition coefficient (Wildman–Crippen LogP) is 0.426. The zero-order valence-corrected chi connectivity index (χ0v) is 12.2. The predicted molar refractivity (Wildman–Crippen MR) is 68.4 cm³/mol. The molecule has 2 N–H and O–H groups in total. The summed E-state index contributed by atoms with van der Waals surface area (Å²) in [6.45, 7) is 5.61. The highest BCUT2D eigenvalue weighted by Crippen LogP contribution is 2.34. The van der Waals surface area contributed by atoms with Gasteiger partial charge in [-0.2, -0.15) is 5.26 Å². The van der Waals surface area contributed by atoms with E-state index in [1.165, 1.54) is 4.90 Å². The molecule has 1 fully saturated rings. The van der Waals surface area contributed by atoms with E-state index in [9.17, 15) is 13.2 Å². The molecule has 19 heavy (non-hydrogen) atoms. The van der Waals surface area contributed by atoms with Crippen LogP contribution in [0.1, 0.15) is 27.2 Å². The molecule has 1 amide bonds. The van der Waals surface area contributed by atoms with Crippen molar-refractivity contribution in [1.82, 2.24) is 4.90 Å². The van der Waals surface area contributed by atoms with Crippen molar-refractivity contribution in [2.24, 2.45) is 10.6 Å². The van der Waals surface area contributed by atoms with Gasteiger partial charge in [0.1, 0.15) is 5.60 Å². The second kappa shape index (κ2) is 4.98. The fraction of sp³-hybridized carbons (Fsp3) is 0.818. The van der Waals surface area contributed by atoms with Gasteiger partial charge in [-0.05, 0) is 27.2 Å². The van der Waals surface area contributed by atoms with Gasteiger partial charge in [0.05, 0.1) is 17.2 Å². The van der Waals surface area contributed by atoms with E-state index in [-0.39, 0.29) is 25.3 Å². The fourth-order valence-corrected chi connectivity index (χ4v) is 2.44. The van der Waals surface area contributed by atoms with E-state index in [0.717, 1.165) is 0 Å². The molecule has 0 radical (unpaired) electrons. The summed E-state index contributed by atoms with van der Waals surface area (Å²) in [6, 6.07) is 2.07. The molecule has 1 rings (SSSR count). The molecular formula is C11H19N3O4S. The SMILES string of the molecule is CC(C)(C)OC(=O)N1CC(C#N)(CCS(N)(=O)=O)C1. The Labute approximate surface area is 113 Å². The number of carbonyl (C=O) groups is 1. The molecule has 8 heteroatoms. The minimum absolute atomic E-state index is 0.127. The van der Waals surface area contributed by atoms with E-state index in [2.05, 4.69) is 6.07 Å². The Balaban J connectivity index is 2.54. The van der Waals surface area contributed by atoms with Gasteiger partial charge in [-0.25, -0.2) is 18.4 Å². The Morgan fingerprint density at radius 2 is 2.00 bits per heavy atom. The molecule has 0 unspecified atom stereocenters. The highest BCUT2D eigenvalue weighted by atomic mass is 32.2. The minimum Gasteiger partial charge on any atom is -0.444 e. The van der Waals surface area contributed by atoms with Crippen molar-refractivity contribution in [3.63, 3.8) is 0 Å². The zero-order chi connectivity index (χ0) is 14.9. The molecule has 1 saturated heterocycles. The van der Waals surface area contributed by atoms with Gasteiger partial charge in [-0.3, -0.25) is 0 Å². The van der Waals surface area contributed by atoms with Crippen LogP contribution in [0.3, 0.4) is 0 Å². The molecule has 0 aliphatic carbocycles. The van der Waals surface area contributed by atoms with Crippen LogP contribution < -0.4 is 5.14 Å². The third-order valence-electron chi connectivity index (χ3n) is 2.74. The summed E-state index contributed by atoms with van der Waals surface area (Å²) in [4.78, 5) is 13.1. The number of carbonyl (C=O) groups excluding carboxylic acids is 1. The van der Waals surface area contributed by atoms with Gasteiger partial charge in [-0.15, -0.1) is 0 Å². The maximum Gasteiger partial charge on any atom is 0.410 e. The fourth-order valence-electron chi connectivity index (χ4n) is 1.76. The summed E-state index contributed by atoms with van der Waals surface area (Å²) >= 11 is 0. The summed E-state index contributed by atoms with van der Waals surface area (Å²) in [5.41, 5.74) is -1.42. The summed E-state index contributed by atoms with van der Waals surface area (Å²) in [5.74, 6) is -0.261. The first kappa shape index (κ1) is 15.7. The number of ether oxygens (including phenoxy) is 1. The number of hydrogen-bond acceptors (Lipinski definition) is 5. The number of nitriles is 1. The van der Waals surface area contributed by atoms with Crippen molar-refractivity contribution >= 4 is 16.1 Å². The zero-order valence-electron chi connectivity index (χ0n) is 11.3. The van der Waals surface area contributed by atoms with E-state index in [4.69, 9.17) is 15.1 Å². The van der Waals surface area contributed by atoms with Crippen LogP contribution >= 0.6 is 0 Å². The summed E-state index contributed by atoms with van der Waals surface area (Å²) in [5, 5.41) is 14.0. The third kappa shape index (κ3) is 4.69. The second-order valence-electron chi connectivity index (χ2n) is 5.85. The standard InChI is InChI=1S/C11H19N3O4S/c1-10(2,3)18-9(15)14-7-11(6-12,8-14)4-5-19(13,16)17/h4-5,7-8H2,1-3H3,(H2,13,16,17). The van der Waals surface area contributed by atoms with Gasteiger partial charge in [0.2, 0.25) is 10.0 Å². The first-order valence-corrected chi connectivity index (χ1v) is 7.58. The smallest absolute Gasteiger partial charge is 0.410 e. The maximum atomic E-state index is 11.7. The topological polar surface area (TPSA) is 113 Å². The number of sulfonamides is 1. The van der Waals surface area contributed by atoms with Crippen molar-refractivity contribution in [3.05, 3.63) is 0 Å². The number of hydrogen-bond donors (Lipinski definition) is 1. The minimum atomic E-state index is -3.60. The number of likely N-dealkylation sites (tertiary alicyclic amines) is 1. The lowest BCUT2D eigenvalue weighted by Gasteiger charge is -2.45. The average molecular weight is 289 g/mol. The van der Waals surface area contributed by atoms with E-state index in [0.29, 0.717) is 0 Å². The molecule has 1 aliphatic rings. The van der Waals surface area contributed by atoms with Gasteiger partial charge in [-0.1, -0.05) is 0 Å². The molecule has 7 nitrogen and oxygen atoms in total. The highest BCUT2D eigenvalue weighted by Gasteiger charge is 2.47. The van der Waals surface area contributed by atoms with Crippen molar-refractivity contribution < 1.29 is 17.9 Å². The maximum absolute atomic E-state index is 11.7. The highest BCUT2D eigenvalue weighted by molar-refractivity contribution is 7.89. The lowest BCUT2D eigenvalue weighted by Crippen LogP contribution is -2.59. The van der Waals surface area contributed by atoms with Crippen molar-refractivity contribution in [1.29, 1.82) is 5.26 Å². The number of nitrogens with two attached hydrogens (primary N) is 1. The van der Waals surface area contributed by atoms with Crippen LogP contribution in [0.25, 0.3) is 0 Å². The molecule has 0 aromatic heterocycles. The third-order valence-corrected chi connectivity index (χ3v) is 3.51. The van der Waals surface area contributed by atoms with Crippen LogP contribution in [-0.2, 0) is 14.8 Å². The van der Waals surface area contributed by atoms with Crippen molar-refractivity contribution in [3.8, 4) is 6.07 Å². The molecule has 0 aromatic rings. The number of nitrogens with zero attached hydrogens (tertiary/aromatic N) is 2. The largest absolute Gasteiger partial charge is 0.444 e. The molecule has 0 bridgehead atoms. The first-order chi connectivity index (χ1) is 8.46. The molecule has 1 aliphatic heterocycles. The molecular weight excluding hydrogens is 270 g/mol. The van der Waals surface area contributed by atoms with Crippen LogP contribution in [0.2, 0.25) is 0 Å². The Morgan fingerprint density at radius 3 is 2.37 bits per heavy atom. The van der Waals surface area contributed by atoms with Gasteiger partial charge >= 0.3 is 6.09 Å². The molecule has 0 aromatic carbocycles. The lowest BCUT2D eigenvalue weighted by molar-refractivity contribution is -0.0169. The van der Waals surface area contributed by atoms with Crippen LogP contribution in [0, 0.1) is 16.7 Å². The van der Waals surface area contributed by atoms with E-state index in [1.807, 2.05) is 0 Å². The molecule has 108 valence electrons. The molecule has 1 heterocycles. The average Bonchev–Trinajstić information content (AvgIpc) is 2.11. The summed E-state index contributed by atoms with van der Waals surface area (Å²) < 4.78 is 27.0. The Morgan fingerprint density at radius 1 is 1.47 bits per heavy atom. The van der Waals surface area contributed by atoms with Crippen LogP contribution in [0.15, 0.2) is 0 Å². The Kier molecular flexibility index (Phi) is 4.12.